The molecule has 1 amide bonds. The second kappa shape index (κ2) is 6.72. The molecule has 0 bridgehead atoms. The van der Waals surface area contributed by atoms with Crippen LogP contribution in [0.4, 0.5) is 0 Å². The Kier molecular flexibility index (Phi) is 5.53. The van der Waals surface area contributed by atoms with Gasteiger partial charge in [0.05, 0.1) is 13.2 Å². The topological polar surface area (TPSA) is 81.7 Å². The Labute approximate surface area is 119 Å². The predicted molar refractivity (Wildman–Crippen MR) is 71.7 cm³/mol. The summed E-state index contributed by atoms with van der Waals surface area (Å²) in [5.41, 5.74) is -1.68. The van der Waals surface area contributed by atoms with Crippen LogP contribution < -0.4 is 5.32 Å². The predicted octanol–water partition coefficient (Wildman–Crippen LogP) is 1.03. The third kappa shape index (κ3) is 3.29. The summed E-state index contributed by atoms with van der Waals surface area (Å²) >= 11 is 0. The van der Waals surface area contributed by atoms with Gasteiger partial charge in [0.1, 0.15) is 0 Å². The summed E-state index contributed by atoms with van der Waals surface area (Å²) < 4.78 is 9.89. The number of carbonyl (C=O) groups is 3. The van der Waals surface area contributed by atoms with Gasteiger partial charge in [-0.2, -0.15) is 0 Å². The Bertz CT molecular complexity index is 373. The van der Waals surface area contributed by atoms with Gasteiger partial charge in [0.15, 0.2) is 0 Å². The molecule has 1 fully saturated rings. The summed E-state index contributed by atoms with van der Waals surface area (Å²) in [6.07, 6.45) is 0.716. The molecule has 0 aromatic carbocycles. The summed E-state index contributed by atoms with van der Waals surface area (Å²) in [5, 5.41) is 2.50. The van der Waals surface area contributed by atoms with Gasteiger partial charge in [0.2, 0.25) is 11.4 Å². The molecule has 1 N–H and O–H groups in total. The Morgan fingerprint density at radius 1 is 1.25 bits per heavy atom. The van der Waals surface area contributed by atoms with Crippen LogP contribution in [-0.2, 0) is 23.9 Å². The molecule has 6 heteroatoms. The van der Waals surface area contributed by atoms with Crippen LogP contribution in [-0.4, -0.2) is 36.6 Å². The van der Waals surface area contributed by atoms with Crippen molar-refractivity contribution in [3.8, 4) is 0 Å². The highest BCUT2D eigenvalue weighted by molar-refractivity contribution is 6.10. The molecule has 0 radical (unpaired) electrons. The molecule has 0 aliphatic carbocycles. The fourth-order valence-corrected chi connectivity index (χ4v) is 2.45. The lowest BCUT2D eigenvalue weighted by atomic mass is 9.88. The number of ether oxygens (including phenoxy) is 2. The van der Waals surface area contributed by atoms with Crippen LogP contribution in [0.2, 0.25) is 0 Å². The Balaban J connectivity index is 2.99. The maximum atomic E-state index is 12.1. The number of carbonyl (C=O) groups excluding carboxylic acids is 3. The number of esters is 2. The molecule has 1 atom stereocenters. The zero-order valence-corrected chi connectivity index (χ0v) is 12.5. The third-order valence-corrected chi connectivity index (χ3v) is 3.26. The van der Waals surface area contributed by atoms with Gasteiger partial charge in [-0.15, -0.1) is 0 Å². The van der Waals surface area contributed by atoms with E-state index in [2.05, 4.69) is 5.32 Å². The summed E-state index contributed by atoms with van der Waals surface area (Å²) in [6, 6.07) is 0. The molecule has 6 nitrogen and oxygen atoms in total. The number of hydrogen-bond donors (Lipinski definition) is 1. The van der Waals surface area contributed by atoms with E-state index in [-0.39, 0.29) is 31.5 Å². The molecule has 0 spiro atoms. The van der Waals surface area contributed by atoms with Gasteiger partial charge in [-0.3, -0.25) is 4.79 Å². The SMILES string of the molecule is CCOC(=O)C1(C(=O)OCC)CC(CC(C)C)C(=O)N1. The van der Waals surface area contributed by atoms with E-state index in [0.29, 0.717) is 12.3 Å². The molecule has 1 unspecified atom stereocenters. The van der Waals surface area contributed by atoms with Crippen molar-refractivity contribution in [1.82, 2.24) is 5.32 Å². The normalized spacial score (nSPS) is 20.6. The Morgan fingerprint density at radius 3 is 2.15 bits per heavy atom. The van der Waals surface area contributed by atoms with Gasteiger partial charge in [0.25, 0.3) is 0 Å². The first-order valence-corrected chi connectivity index (χ1v) is 7.03. The Morgan fingerprint density at radius 2 is 1.75 bits per heavy atom. The van der Waals surface area contributed by atoms with Gasteiger partial charge in [-0.05, 0) is 26.2 Å². The molecular formula is C14H23NO5. The zero-order chi connectivity index (χ0) is 15.3. The van der Waals surface area contributed by atoms with E-state index in [9.17, 15) is 14.4 Å². The quantitative estimate of drug-likeness (QED) is 0.582. The molecule has 0 aromatic rings. The zero-order valence-electron chi connectivity index (χ0n) is 12.5. The highest BCUT2D eigenvalue weighted by Crippen LogP contribution is 2.32. The van der Waals surface area contributed by atoms with E-state index >= 15 is 0 Å². The van der Waals surface area contributed by atoms with Crippen LogP contribution in [0.25, 0.3) is 0 Å². The molecule has 0 saturated carbocycles. The number of nitrogens with one attached hydrogen (secondary N) is 1. The first-order valence-electron chi connectivity index (χ1n) is 7.03. The van der Waals surface area contributed by atoms with E-state index in [0.717, 1.165) is 0 Å². The van der Waals surface area contributed by atoms with Gasteiger partial charge in [-0.1, -0.05) is 13.8 Å². The summed E-state index contributed by atoms with van der Waals surface area (Å²) in [5.74, 6) is -1.84. The summed E-state index contributed by atoms with van der Waals surface area (Å²) in [4.78, 5) is 36.3. The minimum Gasteiger partial charge on any atom is -0.464 e. The highest BCUT2D eigenvalue weighted by atomic mass is 16.6. The van der Waals surface area contributed by atoms with Gasteiger partial charge >= 0.3 is 11.9 Å². The van der Waals surface area contributed by atoms with E-state index in [1.807, 2.05) is 13.8 Å². The molecule has 1 saturated heterocycles. The van der Waals surface area contributed by atoms with E-state index < -0.39 is 17.5 Å². The van der Waals surface area contributed by atoms with E-state index in [4.69, 9.17) is 9.47 Å². The molecule has 114 valence electrons. The third-order valence-electron chi connectivity index (χ3n) is 3.26. The maximum absolute atomic E-state index is 12.1. The fraction of sp³-hybridized carbons (Fsp3) is 0.786. The molecule has 20 heavy (non-hydrogen) atoms. The lowest BCUT2D eigenvalue weighted by Gasteiger charge is -2.24. The second-order valence-corrected chi connectivity index (χ2v) is 5.37. The second-order valence-electron chi connectivity index (χ2n) is 5.37. The van der Waals surface area contributed by atoms with Crippen LogP contribution in [0.3, 0.4) is 0 Å². The smallest absolute Gasteiger partial charge is 0.343 e. The van der Waals surface area contributed by atoms with Crippen molar-refractivity contribution in [1.29, 1.82) is 0 Å². The minimum atomic E-state index is -1.68. The van der Waals surface area contributed by atoms with Crippen molar-refractivity contribution in [3.63, 3.8) is 0 Å². The van der Waals surface area contributed by atoms with Crippen LogP contribution in [0.1, 0.15) is 40.5 Å². The largest absolute Gasteiger partial charge is 0.464 e. The fourth-order valence-electron chi connectivity index (χ4n) is 2.45. The maximum Gasteiger partial charge on any atom is 0.343 e. The lowest BCUT2D eigenvalue weighted by molar-refractivity contribution is -0.166. The standard InChI is InChI=1S/C14H23NO5/c1-5-19-12(17)14(13(18)20-6-2)8-10(7-9(3)4)11(16)15-14/h9-10H,5-8H2,1-4H3,(H,15,16). The molecule has 1 aliphatic heterocycles. The van der Waals surface area contributed by atoms with Crippen LogP contribution in [0, 0.1) is 11.8 Å². The first-order chi connectivity index (χ1) is 9.37. The van der Waals surface area contributed by atoms with E-state index in [1.165, 1.54) is 0 Å². The van der Waals surface area contributed by atoms with Crippen molar-refractivity contribution >= 4 is 17.8 Å². The average Bonchev–Trinajstić information content (AvgIpc) is 2.68. The van der Waals surface area contributed by atoms with Crippen LogP contribution >= 0.6 is 0 Å². The first kappa shape index (κ1) is 16.5. The van der Waals surface area contributed by atoms with Crippen molar-refractivity contribution in [2.45, 2.75) is 46.1 Å². The monoisotopic (exact) mass is 285 g/mol. The number of hydrogen-bond acceptors (Lipinski definition) is 5. The average molecular weight is 285 g/mol. The lowest BCUT2D eigenvalue weighted by Crippen LogP contribution is -2.57. The van der Waals surface area contributed by atoms with Gasteiger partial charge < -0.3 is 14.8 Å². The highest BCUT2D eigenvalue weighted by Gasteiger charge is 2.57. The van der Waals surface area contributed by atoms with Crippen LogP contribution in [0.15, 0.2) is 0 Å². The molecule has 1 rings (SSSR count). The molecule has 0 aromatic heterocycles. The molecule has 1 aliphatic rings. The van der Waals surface area contributed by atoms with Gasteiger partial charge in [0, 0.05) is 12.3 Å². The van der Waals surface area contributed by atoms with E-state index in [1.54, 1.807) is 13.8 Å². The Hall–Kier alpha value is -1.59. The van der Waals surface area contributed by atoms with Crippen LogP contribution in [0.5, 0.6) is 0 Å². The van der Waals surface area contributed by atoms with Crippen molar-refractivity contribution in [2.75, 3.05) is 13.2 Å². The summed E-state index contributed by atoms with van der Waals surface area (Å²) in [7, 11) is 0. The number of amides is 1. The van der Waals surface area contributed by atoms with Crippen molar-refractivity contribution in [2.24, 2.45) is 11.8 Å². The van der Waals surface area contributed by atoms with Gasteiger partial charge in [-0.25, -0.2) is 9.59 Å². The van der Waals surface area contributed by atoms with Crippen molar-refractivity contribution in [3.05, 3.63) is 0 Å². The molecule has 1 heterocycles. The summed E-state index contributed by atoms with van der Waals surface area (Å²) in [6.45, 7) is 7.57. The van der Waals surface area contributed by atoms with Crippen molar-refractivity contribution < 1.29 is 23.9 Å². The molecular weight excluding hydrogens is 262 g/mol. The number of rotatable bonds is 6. The minimum absolute atomic E-state index is 0.0989.